The number of carbonyl (C=O) groups is 1. The Labute approximate surface area is 120 Å². The van der Waals surface area contributed by atoms with Gasteiger partial charge in [-0.05, 0) is 42.5 Å². The van der Waals surface area contributed by atoms with Crippen LogP contribution in [0.1, 0.15) is 49.0 Å². The Balaban J connectivity index is 2.02. The third-order valence-electron chi connectivity index (χ3n) is 4.02. The Hall–Kier alpha value is -1.79. The molecule has 0 aliphatic heterocycles. The normalized spacial score (nSPS) is 20.1. The largest absolute Gasteiger partial charge is 0.384 e. The highest BCUT2D eigenvalue weighted by Gasteiger charge is 2.35. The van der Waals surface area contributed by atoms with Crippen molar-refractivity contribution >= 4 is 5.91 Å². The molecule has 0 aromatic heterocycles. The highest BCUT2D eigenvalue weighted by Crippen LogP contribution is 2.37. The van der Waals surface area contributed by atoms with Crippen molar-refractivity contribution in [3.8, 4) is 11.8 Å². The van der Waals surface area contributed by atoms with E-state index in [0.29, 0.717) is 5.56 Å². The second-order valence-corrected chi connectivity index (χ2v) is 5.94. The molecular formula is C17H21NO2. The standard InChI is InChI=1S/C17H21NO2/c1-17(2)11-3-6-15(17)18-16(20)14-9-7-13(8-10-14)5-4-12-19/h7-10,15,19H,3,6,11-12H2,1-2H3,(H,18,20). The van der Waals surface area contributed by atoms with Crippen LogP contribution < -0.4 is 5.32 Å². The molecule has 0 spiro atoms. The monoisotopic (exact) mass is 271 g/mol. The van der Waals surface area contributed by atoms with Crippen LogP contribution in [0.2, 0.25) is 0 Å². The number of amides is 1. The zero-order valence-electron chi connectivity index (χ0n) is 12.1. The minimum atomic E-state index is -0.154. The number of rotatable bonds is 2. The van der Waals surface area contributed by atoms with Crippen molar-refractivity contribution in [1.82, 2.24) is 5.32 Å². The lowest BCUT2D eigenvalue weighted by Crippen LogP contribution is -2.41. The van der Waals surface area contributed by atoms with Gasteiger partial charge in [0.25, 0.3) is 5.91 Å². The molecule has 1 unspecified atom stereocenters. The van der Waals surface area contributed by atoms with Crippen molar-refractivity contribution < 1.29 is 9.90 Å². The summed E-state index contributed by atoms with van der Waals surface area (Å²) in [4.78, 5) is 12.2. The van der Waals surface area contributed by atoms with Crippen molar-refractivity contribution in [3.63, 3.8) is 0 Å². The summed E-state index contributed by atoms with van der Waals surface area (Å²) < 4.78 is 0. The summed E-state index contributed by atoms with van der Waals surface area (Å²) >= 11 is 0. The van der Waals surface area contributed by atoms with Crippen LogP contribution in [0.15, 0.2) is 24.3 Å². The molecule has 0 bridgehead atoms. The number of hydrogen-bond acceptors (Lipinski definition) is 2. The van der Waals surface area contributed by atoms with Gasteiger partial charge in [-0.15, -0.1) is 0 Å². The molecule has 1 amide bonds. The highest BCUT2D eigenvalue weighted by atomic mass is 16.2. The van der Waals surface area contributed by atoms with Crippen molar-refractivity contribution in [1.29, 1.82) is 0 Å². The molecule has 0 heterocycles. The number of aliphatic hydroxyl groups excluding tert-OH is 1. The molecule has 1 aliphatic carbocycles. The number of benzene rings is 1. The minimum absolute atomic E-state index is 0.0216. The fourth-order valence-electron chi connectivity index (χ4n) is 2.68. The van der Waals surface area contributed by atoms with Gasteiger partial charge in [-0.3, -0.25) is 4.79 Å². The SMILES string of the molecule is CC1(C)CCCC1NC(=O)c1ccc(C#CCO)cc1. The maximum Gasteiger partial charge on any atom is 0.251 e. The Morgan fingerprint density at radius 1 is 1.40 bits per heavy atom. The van der Waals surface area contributed by atoms with Gasteiger partial charge >= 0.3 is 0 Å². The molecule has 1 fully saturated rings. The average molecular weight is 271 g/mol. The third kappa shape index (κ3) is 3.40. The second-order valence-electron chi connectivity index (χ2n) is 5.94. The highest BCUT2D eigenvalue weighted by molar-refractivity contribution is 5.94. The number of aliphatic hydroxyl groups is 1. The van der Waals surface area contributed by atoms with Crippen molar-refractivity contribution in [2.75, 3.05) is 6.61 Å². The van der Waals surface area contributed by atoms with Crippen molar-refractivity contribution in [2.24, 2.45) is 5.41 Å². The average Bonchev–Trinajstić information content (AvgIpc) is 2.76. The van der Waals surface area contributed by atoms with E-state index in [1.165, 1.54) is 6.42 Å². The van der Waals surface area contributed by atoms with E-state index in [1.54, 1.807) is 24.3 Å². The third-order valence-corrected chi connectivity index (χ3v) is 4.02. The van der Waals surface area contributed by atoms with E-state index < -0.39 is 0 Å². The van der Waals surface area contributed by atoms with Crippen LogP contribution >= 0.6 is 0 Å². The number of hydrogen-bond donors (Lipinski definition) is 2. The molecule has 1 aromatic rings. The van der Waals surface area contributed by atoms with Gasteiger partial charge in [0, 0.05) is 17.2 Å². The lowest BCUT2D eigenvalue weighted by Gasteiger charge is -2.27. The van der Waals surface area contributed by atoms with Gasteiger partial charge in [-0.1, -0.05) is 32.1 Å². The summed E-state index contributed by atoms with van der Waals surface area (Å²) in [6, 6.07) is 7.41. The molecule has 3 nitrogen and oxygen atoms in total. The predicted molar refractivity (Wildman–Crippen MR) is 79.3 cm³/mol. The molecule has 1 saturated carbocycles. The fraction of sp³-hybridized carbons (Fsp3) is 0.471. The first-order valence-electron chi connectivity index (χ1n) is 7.03. The van der Waals surface area contributed by atoms with Gasteiger partial charge in [-0.2, -0.15) is 0 Å². The maximum absolute atomic E-state index is 12.2. The van der Waals surface area contributed by atoms with Gasteiger partial charge in [-0.25, -0.2) is 0 Å². The second kappa shape index (κ2) is 6.11. The predicted octanol–water partition coefficient (Wildman–Crippen LogP) is 2.34. The molecule has 0 saturated heterocycles. The van der Waals surface area contributed by atoms with E-state index in [0.717, 1.165) is 18.4 Å². The van der Waals surface area contributed by atoms with Crippen LogP contribution in [-0.2, 0) is 0 Å². The van der Waals surface area contributed by atoms with Crippen LogP contribution in [-0.4, -0.2) is 23.7 Å². The molecule has 2 rings (SSSR count). The van der Waals surface area contributed by atoms with Crippen LogP contribution in [0.25, 0.3) is 0 Å². The molecule has 106 valence electrons. The Morgan fingerprint density at radius 3 is 2.65 bits per heavy atom. The molecule has 1 atom stereocenters. The van der Waals surface area contributed by atoms with Gasteiger partial charge in [0.2, 0.25) is 0 Å². The van der Waals surface area contributed by atoms with Crippen LogP contribution in [0, 0.1) is 17.3 Å². The topological polar surface area (TPSA) is 49.3 Å². The fourth-order valence-corrected chi connectivity index (χ4v) is 2.68. The van der Waals surface area contributed by atoms with Crippen molar-refractivity contribution in [2.45, 2.75) is 39.2 Å². The summed E-state index contributed by atoms with van der Waals surface area (Å²) in [6.45, 7) is 4.26. The van der Waals surface area contributed by atoms with Crippen LogP contribution in [0.5, 0.6) is 0 Å². The van der Waals surface area contributed by atoms with Crippen LogP contribution in [0.3, 0.4) is 0 Å². The van der Waals surface area contributed by atoms with E-state index >= 15 is 0 Å². The smallest absolute Gasteiger partial charge is 0.251 e. The van der Waals surface area contributed by atoms with E-state index in [-0.39, 0.29) is 24.0 Å². The van der Waals surface area contributed by atoms with E-state index in [2.05, 4.69) is 31.0 Å². The van der Waals surface area contributed by atoms with E-state index in [9.17, 15) is 4.79 Å². The molecule has 20 heavy (non-hydrogen) atoms. The molecule has 1 aromatic carbocycles. The summed E-state index contributed by atoms with van der Waals surface area (Å²) in [5.41, 5.74) is 1.64. The zero-order chi connectivity index (χ0) is 14.6. The number of carbonyl (C=O) groups excluding carboxylic acids is 1. The Kier molecular flexibility index (Phi) is 4.46. The Bertz CT molecular complexity index is 534. The summed E-state index contributed by atoms with van der Waals surface area (Å²) in [5.74, 6) is 5.38. The zero-order valence-corrected chi connectivity index (χ0v) is 12.1. The first-order valence-corrected chi connectivity index (χ1v) is 7.03. The van der Waals surface area contributed by atoms with Gasteiger partial charge in [0.15, 0.2) is 0 Å². The molecule has 3 heteroatoms. The Morgan fingerprint density at radius 2 is 2.10 bits per heavy atom. The molecule has 0 radical (unpaired) electrons. The molecular weight excluding hydrogens is 250 g/mol. The van der Waals surface area contributed by atoms with E-state index in [1.807, 2.05) is 0 Å². The first-order chi connectivity index (χ1) is 9.53. The molecule has 2 N–H and O–H groups in total. The first kappa shape index (κ1) is 14.6. The lowest BCUT2D eigenvalue weighted by molar-refractivity contribution is 0.0910. The summed E-state index contributed by atoms with van der Waals surface area (Å²) in [5, 5.41) is 11.8. The van der Waals surface area contributed by atoms with Gasteiger partial charge < -0.3 is 10.4 Å². The van der Waals surface area contributed by atoms with Gasteiger partial charge in [0.05, 0.1) is 0 Å². The van der Waals surface area contributed by atoms with Gasteiger partial charge in [0.1, 0.15) is 6.61 Å². The quantitative estimate of drug-likeness (QED) is 0.811. The van der Waals surface area contributed by atoms with E-state index in [4.69, 9.17) is 5.11 Å². The lowest BCUT2D eigenvalue weighted by atomic mass is 9.87. The maximum atomic E-state index is 12.2. The van der Waals surface area contributed by atoms with Crippen molar-refractivity contribution in [3.05, 3.63) is 35.4 Å². The minimum Gasteiger partial charge on any atom is -0.384 e. The summed E-state index contributed by atoms with van der Waals surface area (Å²) in [7, 11) is 0. The number of nitrogens with one attached hydrogen (secondary N) is 1. The molecule has 1 aliphatic rings. The summed E-state index contributed by atoms with van der Waals surface area (Å²) in [6.07, 6.45) is 3.39. The van der Waals surface area contributed by atoms with Crippen LogP contribution in [0.4, 0.5) is 0 Å².